The van der Waals surface area contributed by atoms with Gasteiger partial charge in [0.15, 0.2) is 11.4 Å². The molecule has 46 heavy (non-hydrogen) atoms. The number of amides is 1. The van der Waals surface area contributed by atoms with Crippen LogP contribution in [-0.2, 0) is 35.3 Å². The van der Waals surface area contributed by atoms with Gasteiger partial charge in [-0.1, -0.05) is 12.1 Å². The lowest BCUT2D eigenvalue weighted by Gasteiger charge is -2.29. The molecule has 0 radical (unpaired) electrons. The number of anilines is 3. The van der Waals surface area contributed by atoms with Gasteiger partial charge in [-0.2, -0.15) is 9.97 Å². The van der Waals surface area contributed by atoms with E-state index in [1.165, 1.54) is 25.3 Å². The molecule has 0 spiro atoms. The van der Waals surface area contributed by atoms with Crippen LogP contribution in [0.5, 0.6) is 11.8 Å². The summed E-state index contributed by atoms with van der Waals surface area (Å²) in [5, 5.41) is 2.83. The number of fused-ring (bicyclic) bond motifs is 2. The van der Waals surface area contributed by atoms with Crippen LogP contribution in [0.2, 0.25) is 0 Å². The molecule has 1 N–H and O–H groups in total. The molecule has 0 unspecified atom stereocenters. The summed E-state index contributed by atoms with van der Waals surface area (Å²) in [5.74, 6) is 1.79. The van der Waals surface area contributed by atoms with Gasteiger partial charge in [0.05, 0.1) is 31.1 Å². The summed E-state index contributed by atoms with van der Waals surface area (Å²) >= 11 is 0. The van der Waals surface area contributed by atoms with Crippen LogP contribution in [0.3, 0.4) is 0 Å². The number of rotatable bonds is 8. The van der Waals surface area contributed by atoms with Gasteiger partial charge in [-0.05, 0) is 69.0 Å². The maximum Gasteiger partial charge on any atom is 0.291 e. The SMILES string of the molecule is COc1nc(N2CCc3nc(N(C)C)ncc3C2)nc(OC)c1NC(=O)c1ccc(Cc2cc3c(cc2C)C(C)(C)OC3(C)C)o1. The quantitative estimate of drug-likeness (QED) is 0.278. The Labute approximate surface area is 269 Å². The van der Waals surface area contributed by atoms with E-state index in [9.17, 15) is 4.79 Å². The molecule has 1 amide bonds. The van der Waals surface area contributed by atoms with Crippen LogP contribution in [0.25, 0.3) is 0 Å². The van der Waals surface area contributed by atoms with Gasteiger partial charge in [-0.25, -0.2) is 9.97 Å². The molecule has 2 aliphatic rings. The van der Waals surface area contributed by atoms with Crippen LogP contribution in [0.15, 0.2) is 34.9 Å². The fourth-order valence-corrected chi connectivity index (χ4v) is 6.29. The third-order valence-electron chi connectivity index (χ3n) is 8.59. The van der Waals surface area contributed by atoms with Crippen LogP contribution >= 0.6 is 0 Å². The molecule has 4 aromatic rings. The molecule has 5 heterocycles. The minimum Gasteiger partial charge on any atom is -0.479 e. The number of hydrogen-bond donors (Lipinski definition) is 1. The van der Waals surface area contributed by atoms with Crippen molar-refractivity contribution in [2.45, 2.75) is 65.2 Å². The lowest BCUT2D eigenvalue weighted by Crippen LogP contribution is -2.33. The van der Waals surface area contributed by atoms with E-state index in [4.69, 9.17) is 18.6 Å². The molecule has 242 valence electrons. The van der Waals surface area contributed by atoms with Crippen molar-refractivity contribution in [3.05, 3.63) is 75.5 Å². The molecule has 6 rings (SSSR count). The second kappa shape index (κ2) is 11.6. The highest BCUT2D eigenvalue weighted by Crippen LogP contribution is 2.47. The monoisotopic (exact) mass is 627 g/mol. The van der Waals surface area contributed by atoms with Gasteiger partial charge >= 0.3 is 0 Å². The number of aryl methyl sites for hydroxylation is 1. The van der Waals surface area contributed by atoms with E-state index in [0.717, 1.165) is 22.4 Å². The molecule has 1 aromatic carbocycles. The minimum atomic E-state index is -0.470. The zero-order valence-electron chi connectivity index (χ0n) is 27.9. The average Bonchev–Trinajstić information content (AvgIpc) is 3.55. The van der Waals surface area contributed by atoms with Crippen LogP contribution in [0.4, 0.5) is 17.6 Å². The Hall–Kier alpha value is -4.71. The highest BCUT2D eigenvalue weighted by molar-refractivity contribution is 6.03. The summed E-state index contributed by atoms with van der Waals surface area (Å²) in [5.41, 5.74) is 6.10. The lowest BCUT2D eigenvalue weighted by molar-refractivity contribution is -0.105. The summed E-state index contributed by atoms with van der Waals surface area (Å²) in [4.78, 5) is 35.6. The van der Waals surface area contributed by atoms with Crippen molar-refractivity contribution in [2.24, 2.45) is 0 Å². The van der Waals surface area contributed by atoms with Crippen LogP contribution in [-0.4, -0.2) is 60.7 Å². The number of furan rings is 1. The number of carbonyl (C=O) groups excluding carboxylic acids is 1. The number of methoxy groups -OCH3 is 2. The number of benzene rings is 1. The Morgan fingerprint density at radius 3 is 2.35 bits per heavy atom. The number of nitrogens with one attached hydrogen (secondary N) is 1. The normalized spacial score (nSPS) is 16.1. The first-order valence-corrected chi connectivity index (χ1v) is 15.3. The number of hydrogen-bond acceptors (Lipinski definition) is 11. The molecule has 0 saturated heterocycles. The van der Waals surface area contributed by atoms with Crippen LogP contribution in [0.1, 0.15) is 77.5 Å². The smallest absolute Gasteiger partial charge is 0.291 e. The summed E-state index contributed by atoms with van der Waals surface area (Å²) < 4.78 is 23.5. The minimum absolute atomic E-state index is 0.150. The van der Waals surface area contributed by atoms with Crippen molar-refractivity contribution < 1.29 is 23.4 Å². The highest BCUT2D eigenvalue weighted by Gasteiger charge is 2.43. The van der Waals surface area contributed by atoms with Gasteiger partial charge in [0, 0.05) is 51.8 Å². The highest BCUT2D eigenvalue weighted by atomic mass is 16.5. The van der Waals surface area contributed by atoms with E-state index in [0.29, 0.717) is 43.6 Å². The average molecular weight is 628 g/mol. The standard InChI is InChI=1S/C34H41N7O5/c1-19-14-23-24(34(4,5)46-33(23,2)3)16-20(19)15-22-10-11-26(45-22)28(42)37-27-29(43-8)38-32(39-30(27)44-9)41-13-12-25-21(18-41)17-35-31(36-25)40(6)7/h10-11,14,16-17H,12-13,15,18H2,1-9H3,(H,37,42). The lowest BCUT2D eigenvalue weighted by atomic mass is 9.86. The maximum atomic E-state index is 13.4. The van der Waals surface area contributed by atoms with E-state index < -0.39 is 11.5 Å². The predicted molar refractivity (Wildman–Crippen MR) is 174 cm³/mol. The zero-order valence-corrected chi connectivity index (χ0v) is 27.9. The molecule has 3 aromatic heterocycles. The molecule has 0 aliphatic carbocycles. The number of aromatic nitrogens is 4. The summed E-state index contributed by atoms with van der Waals surface area (Å²) in [6.07, 6.45) is 3.08. The summed E-state index contributed by atoms with van der Waals surface area (Å²) in [6.45, 7) is 11.7. The first-order chi connectivity index (χ1) is 21.8. The van der Waals surface area contributed by atoms with Crippen LogP contribution in [0, 0.1) is 6.92 Å². The zero-order chi connectivity index (χ0) is 33.0. The Morgan fingerprint density at radius 1 is 1.02 bits per heavy atom. The fraction of sp³-hybridized carbons (Fsp3) is 0.441. The molecular weight excluding hydrogens is 586 g/mol. The van der Waals surface area contributed by atoms with Gasteiger partial charge in [0.1, 0.15) is 5.76 Å². The topological polar surface area (TPSA) is 128 Å². The van der Waals surface area contributed by atoms with Gasteiger partial charge in [0.2, 0.25) is 23.7 Å². The van der Waals surface area contributed by atoms with E-state index in [1.54, 1.807) is 6.07 Å². The van der Waals surface area contributed by atoms with E-state index >= 15 is 0 Å². The molecular formula is C34H41N7O5. The van der Waals surface area contributed by atoms with Crippen molar-refractivity contribution in [1.82, 2.24) is 19.9 Å². The molecule has 12 heteroatoms. The van der Waals surface area contributed by atoms with E-state index in [1.807, 2.05) is 36.2 Å². The Morgan fingerprint density at radius 2 is 1.70 bits per heavy atom. The molecule has 0 saturated carbocycles. The molecule has 12 nitrogen and oxygen atoms in total. The van der Waals surface area contributed by atoms with Crippen LogP contribution < -0.4 is 24.6 Å². The largest absolute Gasteiger partial charge is 0.479 e. The summed E-state index contributed by atoms with van der Waals surface area (Å²) in [7, 11) is 6.81. The maximum absolute atomic E-state index is 13.4. The molecule has 0 bridgehead atoms. The number of nitrogens with zero attached hydrogens (tertiary/aromatic N) is 6. The van der Waals surface area contributed by atoms with Crippen molar-refractivity contribution in [3.8, 4) is 11.8 Å². The van der Waals surface area contributed by atoms with Crippen molar-refractivity contribution in [2.75, 3.05) is 50.0 Å². The third-order valence-corrected chi connectivity index (χ3v) is 8.59. The Bertz CT molecular complexity index is 1790. The fourth-order valence-electron chi connectivity index (χ4n) is 6.29. The molecule has 2 aliphatic heterocycles. The van der Waals surface area contributed by atoms with Crippen molar-refractivity contribution in [1.29, 1.82) is 0 Å². The Balaban J connectivity index is 1.20. The second-order valence-electron chi connectivity index (χ2n) is 13.0. The number of ether oxygens (including phenoxy) is 3. The second-order valence-corrected chi connectivity index (χ2v) is 13.0. The van der Waals surface area contributed by atoms with Crippen molar-refractivity contribution in [3.63, 3.8) is 0 Å². The molecule has 0 atom stereocenters. The summed E-state index contributed by atoms with van der Waals surface area (Å²) in [6, 6.07) is 7.88. The third kappa shape index (κ3) is 5.73. The van der Waals surface area contributed by atoms with Gasteiger partial charge < -0.3 is 33.7 Å². The molecule has 0 fully saturated rings. The first-order valence-electron chi connectivity index (χ1n) is 15.3. The van der Waals surface area contributed by atoms with Gasteiger partial charge in [-0.3, -0.25) is 4.79 Å². The number of carbonyl (C=O) groups is 1. The van der Waals surface area contributed by atoms with Gasteiger partial charge in [0.25, 0.3) is 5.91 Å². The van der Waals surface area contributed by atoms with Crippen molar-refractivity contribution >= 4 is 23.5 Å². The Kier molecular flexibility index (Phi) is 7.87. The predicted octanol–water partition coefficient (Wildman–Crippen LogP) is 5.16. The van der Waals surface area contributed by atoms with E-state index in [-0.39, 0.29) is 28.8 Å². The van der Waals surface area contributed by atoms with Gasteiger partial charge in [-0.15, -0.1) is 0 Å². The first kappa shape index (κ1) is 31.3. The van der Waals surface area contributed by atoms with E-state index in [2.05, 4.69) is 72.0 Å².